The summed E-state index contributed by atoms with van der Waals surface area (Å²) >= 11 is 1.36. The van der Waals surface area contributed by atoms with Gasteiger partial charge in [0, 0.05) is 10.9 Å². The highest BCUT2D eigenvalue weighted by molar-refractivity contribution is 7.16. The molecule has 0 saturated heterocycles. The molecule has 1 amide bonds. The highest BCUT2D eigenvalue weighted by atomic mass is 32.1. The lowest BCUT2D eigenvalue weighted by Crippen LogP contribution is -2.20. The monoisotopic (exact) mass is 554 g/mol. The van der Waals surface area contributed by atoms with E-state index in [0.29, 0.717) is 10.6 Å². The molecule has 5 rings (SSSR count). The molecule has 0 saturated carbocycles. The molecule has 39 heavy (non-hydrogen) atoms. The summed E-state index contributed by atoms with van der Waals surface area (Å²) in [6.45, 7) is 3.04. The van der Waals surface area contributed by atoms with E-state index < -0.39 is 35.6 Å². The van der Waals surface area contributed by atoms with Gasteiger partial charge in [0.25, 0.3) is 11.7 Å². The number of amides is 1. The van der Waals surface area contributed by atoms with Crippen molar-refractivity contribution < 1.29 is 31.9 Å². The number of benzene rings is 2. The number of rotatable bonds is 6. The third-order valence-electron chi connectivity index (χ3n) is 6.15. The molecule has 11 heteroatoms. The van der Waals surface area contributed by atoms with Crippen LogP contribution in [0.1, 0.15) is 39.3 Å². The Morgan fingerprint density at radius 2 is 1.87 bits per heavy atom. The quantitative estimate of drug-likeness (QED) is 0.286. The Morgan fingerprint density at radius 1 is 1.13 bits per heavy atom. The molecule has 0 bridgehead atoms. The molecule has 200 valence electrons. The number of anilines is 1. The van der Waals surface area contributed by atoms with Gasteiger partial charge in [0.05, 0.1) is 10.9 Å². The molecule has 0 atom stereocenters. The molecule has 4 aromatic rings. The van der Waals surface area contributed by atoms with Gasteiger partial charge < -0.3 is 19.2 Å². The number of carbonyl (C=O) groups excluding carboxylic acids is 1. The third kappa shape index (κ3) is 5.33. The number of hydrogen-bond acceptors (Lipinski definition) is 7. The number of nitrogens with one attached hydrogen (secondary N) is 1. The van der Waals surface area contributed by atoms with Crippen LogP contribution in [0.3, 0.4) is 0 Å². The van der Waals surface area contributed by atoms with Gasteiger partial charge in [0.2, 0.25) is 11.2 Å². The molecule has 7 nitrogen and oxygen atoms in total. The van der Waals surface area contributed by atoms with Crippen LogP contribution < -0.4 is 20.2 Å². The van der Waals surface area contributed by atoms with Gasteiger partial charge in [-0.05, 0) is 74.1 Å². The van der Waals surface area contributed by atoms with Crippen LogP contribution in [0.5, 0.6) is 17.2 Å². The molecule has 0 radical (unpaired) electrons. The topological polar surface area (TPSA) is 102 Å². The van der Waals surface area contributed by atoms with E-state index in [2.05, 4.69) is 11.4 Å². The summed E-state index contributed by atoms with van der Waals surface area (Å²) in [5, 5.41) is 12.4. The van der Waals surface area contributed by atoms with Crippen molar-refractivity contribution in [3.8, 4) is 23.3 Å². The first-order valence-electron chi connectivity index (χ1n) is 11.9. The van der Waals surface area contributed by atoms with Gasteiger partial charge in [-0.1, -0.05) is 6.07 Å². The SMILES string of the molecule is Cc1cc(C)cc(Oc2c(C(F)(F)F)oc3cc(OCC(=O)Nc4sc5c(c4C#N)CCC5)ccc3c2=O)c1. The van der Waals surface area contributed by atoms with Crippen molar-refractivity contribution in [3.63, 3.8) is 0 Å². The number of nitriles is 1. The van der Waals surface area contributed by atoms with Crippen LogP contribution in [-0.4, -0.2) is 12.5 Å². The molecule has 1 aliphatic rings. The maximum atomic E-state index is 13.9. The predicted molar refractivity (Wildman–Crippen MR) is 139 cm³/mol. The summed E-state index contributed by atoms with van der Waals surface area (Å²) in [4.78, 5) is 26.6. The minimum absolute atomic E-state index is 0.0195. The second-order valence-corrected chi connectivity index (χ2v) is 10.3. The molecule has 0 fully saturated rings. The Labute approximate surface area is 224 Å². The van der Waals surface area contributed by atoms with Crippen molar-refractivity contribution in [2.45, 2.75) is 39.3 Å². The fourth-order valence-corrected chi connectivity index (χ4v) is 5.81. The molecular weight excluding hydrogens is 533 g/mol. The van der Waals surface area contributed by atoms with Crippen LogP contribution >= 0.6 is 11.3 Å². The summed E-state index contributed by atoms with van der Waals surface area (Å²) in [5.41, 5.74) is 1.54. The second-order valence-electron chi connectivity index (χ2n) is 9.18. The molecule has 1 N–H and O–H groups in total. The maximum absolute atomic E-state index is 13.9. The van der Waals surface area contributed by atoms with Gasteiger partial charge in [-0.3, -0.25) is 9.59 Å². The fraction of sp³-hybridized carbons (Fsp3) is 0.250. The van der Waals surface area contributed by atoms with Crippen molar-refractivity contribution in [2.24, 2.45) is 0 Å². The molecule has 2 aromatic carbocycles. The Morgan fingerprint density at radius 3 is 2.56 bits per heavy atom. The lowest BCUT2D eigenvalue weighted by Gasteiger charge is -2.14. The lowest BCUT2D eigenvalue weighted by atomic mass is 10.1. The number of fused-ring (bicyclic) bond motifs is 2. The zero-order valence-electron chi connectivity index (χ0n) is 20.8. The number of alkyl halides is 3. The zero-order chi connectivity index (χ0) is 27.9. The smallest absolute Gasteiger partial charge is 0.453 e. The Bertz CT molecular complexity index is 1700. The number of ether oxygens (including phenoxy) is 2. The predicted octanol–water partition coefficient (Wildman–Crippen LogP) is 6.66. The Balaban J connectivity index is 1.39. The Kier molecular flexibility index (Phi) is 6.82. The van der Waals surface area contributed by atoms with E-state index in [1.54, 1.807) is 13.8 Å². The molecule has 0 aliphatic heterocycles. The van der Waals surface area contributed by atoms with E-state index in [1.165, 1.54) is 35.6 Å². The number of thiophene rings is 1. The van der Waals surface area contributed by atoms with Crippen LogP contribution in [0.15, 0.2) is 45.6 Å². The van der Waals surface area contributed by atoms with Crippen molar-refractivity contribution in [1.29, 1.82) is 5.26 Å². The lowest BCUT2D eigenvalue weighted by molar-refractivity contribution is -0.154. The van der Waals surface area contributed by atoms with Gasteiger partial charge in [-0.15, -0.1) is 11.3 Å². The van der Waals surface area contributed by atoms with Crippen molar-refractivity contribution >= 4 is 33.2 Å². The zero-order valence-corrected chi connectivity index (χ0v) is 21.6. The molecule has 0 spiro atoms. The highest BCUT2D eigenvalue weighted by Gasteiger charge is 2.40. The van der Waals surface area contributed by atoms with Gasteiger partial charge in [0.1, 0.15) is 28.2 Å². The van der Waals surface area contributed by atoms with Crippen LogP contribution in [0.4, 0.5) is 18.2 Å². The normalized spacial score (nSPS) is 12.7. The van der Waals surface area contributed by atoms with Crippen molar-refractivity contribution in [1.82, 2.24) is 0 Å². The average Bonchev–Trinajstić information content (AvgIpc) is 3.43. The number of hydrogen-bond donors (Lipinski definition) is 1. The Hall–Kier alpha value is -4.30. The summed E-state index contributed by atoms with van der Waals surface area (Å²) < 4.78 is 57.6. The van der Waals surface area contributed by atoms with Crippen LogP contribution in [-0.2, 0) is 23.8 Å². The first-order valence-corrected chi connectivity index (χ1v) is 12.8. The van der Waals surface area contributed by atoms with Crippen molar-refractivity contribution in [3.05, 3.63) is 79.5 Å². The molecule has 2 heterocycles. The summed E-state index contributed by atoms with van der Waals surface area (Å²) in [7, 11) is 0. The van der Waals surface area contributed by atoms with Gasteiger partial charge in [-0.25, -0.2) is 0 Å². The summed E-state index contributed by atoms with van der Waals surface area (Å²) in [6.07, 6.45) is -2.39. The first-order chi connectivity index (χ1) is 18.5. The van der Waals surface area contributed by atoms with E-state index in [1.807, 2.05) is 6.07 Å². The molecule has 2 aromatic heterocycles. The second kappa shape index (κ2) is 10.1. The van der Waals surface area contributed by atoms with Gasteiger partial charge in [0.15, 0.2) is 6.61 Å². The van der Waals surface area contributed by atoms with E-state index in [-0.39, 0.29) is 22.5 Å². The standard InChI is InChI=1S/C28H21F3N2O5S/c1-14-8-15(2)10-17(9-14)37-25-24(35)19-7-6-16(11-21(19)38-26(25)28(29,30)31)36-13-23(34)33-27-20(12-32)18-4-3-5-22(18)39-27/h6-11H,3-5,13H2,1-2H3,(H,33,34). The summed E-state index contributed by atoms with van der Waals surface area (Å²) in [6, 6.07) is 10.7. The minimum atomic E-state index is -5.02. The third-order valence-corrected chi connectivity index (χ3v) is 7.36. The highest BCUT2D eigenvalue weighted by Crippen LogP contribution is 2.40. The van der Waals surface area contributed by atoms with Crippen LogP contribution in [0, 0.1) is 25.2 Å². The van der Waals surface area contributed by atoms with Gasteiger partial charge in [-0.2, -0.15) is 18.4 Å². The van der Waals surface area contributed by atoms with E-state index >= 15 is 0 Å². The number of aryl methyl sites for hydroxylation is 3. The van der Waals surface area contributed by atoms with Crippen LogP contribution in [0.25, 0.3) is 11.0 Å². The molecule has 0 unspecified atom stereocenters. The number of halogens is 3. The van der Waals surface area contributed by atoms with Crippen molar-refractivity contribution in [2.75, 3.05) is 11.9 Å². The molecule has 1 aliphatic carbocycles. The number of carbonyl (C=O) groups is 1. The summed E-state index contributed by atoms with van der Waals surface area (Å²) in [5.74, 6) is -2.99. The minimum Gasteiger partial charge on any atom is -0.484 e. The van der Waals surface area contributed by atoms with E-state index in [0.717, 1.165) is 46.9 Å². The average molecular weight is 555 g/mol. The maximum Gasteiger partial charge on any atom is 0.453 e. The van der Waals surface area contributed by atoms with E-state index in [9.17, 15) is 28.0 Å². The largest absolute Gasteiger partial charge is 0.484 e. The van der Waals surface area contributed by atoms with Crippen LogP contribution in [0.2, 0.25) is 0 Å². The number of nitrogens with zero attached hydrogens (tertiary/aromatic N) is 1. The molecular formula is C28H21F3N2O5S. The van der Waals surface area contributed by atoms with Gasteiger partial charge >= 0.3 is 6.18 Å². The first kappa shape index (κ1) is 26.3. The fourth-order valence-electron chi connectivity index (χ4n) is 4.56. The van der Waals surface area contributed by atoms with E-state index in [4.69, 9.17) is 13.9 Å².